The summed E-state index contributed by atoms with van der Waals surface area (Å²) < 4.78 is 0. The minimum Gasteiger partial charge on any atom is -0.300 e. The smallest absolute Gasteiger partial charge is 0.108 e. The summed E-state index contributed by atoms with van der Waals surface area (Å²) in [5.41, 5.74) is -0.233. The molecule has 0 aromatic heterocycles. The van der Waals surface area contributed by atoms with Gasteiger partial charge in [0, 0.05) is 6.04 Å². The number of hydrogen-bond acceptors (Lipinski definition) is 3. The molecule has 1 aliphatic heterocycles. The predicted octanol–water partition coefficient (Wildman–Crippen LogP) is 3.07. The molecule has 1 aliphatic carbocycles. The highest BCUT2D eigenvalue weighted by atomic mass is 15.2. The van der Waals surface area contributed by atoms with Gasteiger partial charge in [-0.15, -0.1) is 0 Å². The zero-order valence-corrected chi connectivity index (χ0v) is 12.5. The number of nitriles is 1. The third-order valence-electron chi connectivity index (χ3n) is 4.82. The maximum Gasteiger partial charge on any atom is 0.108 e. The molecule has 2 unspecified atom stereocenters. The van der Waals surface area contributed by atoms with Crippen molar-refractivity contribution in [3.63, 3.8) is 0 Å². The first-order chi connectivity index (χ1) is 9.29. The molecule has 0 spiro atoms. The van der Waals surface area contributed by atoms with Crippen LogP contribution in [0.2, 0.25) is 0 Å². The van der Waals surface area contributed by atoms with Crippen LogP contribution in [0.3, 0.4) is 0 Å². The van der Waals surface area contributed by atoms with E-state index < -0.39 is 0 Å². The van der Waals surface area contributed by atoms with Crippen molar-refractivity contribution in [1.82, 2.24) is 10.2 Å². The fourth-order valence-electron chi connectivity index (χ4n) is 3.63. The Bertz CT molecular complexity index is 302. The van der Waals surface area contributed by atoms with Crippen molar-refractivity contribution in [3.05, 3.63) is 0 Å². The summed E-state index contributed by atoms with van der Waals surface area (Å²) in [4.78, 5) is 2.67. The van der Waals surface area contributed by atoms with E-state index in [-0.39, 0.29) is 5.54 Å². The van der Waals surface area contributed by atoms with Crippen LogP contribution in [0, 0.1) is 11.3 Å². The fraction of sp³-hybridized carbons (Fsp3) is 0.938. The van der Waals surface area contributed by atoms with E-state index in [1.54, 1.807) is 0 Å². The Kier molecular flexibility index (Phi) is 5.66. The summed E-state index contributed by atoms with van der Waals surface area (Å²) in [7, 11) is 0. The molecule has 0 amide bonds. The van der Waals surface area contributed by atoms with Gasteiger partial charge in [0.1, 0.15) is 5.54 Å². The number of rotatable bonds is 4. The predicted molar refractivity (Wildman–Crippen MR) is 78.9 cm³/mol. The molecule has 2 atom stereocenters. The summed E-state index contributed by atoms with van der Waals surface area (Å²) in [6, 6.07) is 3.21. The average molecular weight is 263 g/mol. The first-order valence-corrected chi connectivity index (χ1v) is 8.20. The van der Waals surface area contributed by atoms with E-state index in [2.05, 4.69) is 23.2 Å². The van der Waals surface area contributed by atoms with E-state index in [0.717, 1.165) is 25.8 Å². The molecule has 1 saturated heterocycles. The van der Waals surface area contributed by atoms with Crippen LogP contribution >= 0.6 is 0 Å². The van der Waals surface area contributed by atoms with Crippen molar-refractivity contribution >= 4 is 0 Å². The molecule has 3 heteroatoms. The van der Waals surface area contributed by atoms with Crippen LogP contribution < -0.4 is 5.32 Å². The van der Waals surface area contributed by atoms with Gasteiger partial charge in [0.15, 0.2) is 0 Å². The molecule has 0 bridgehead atoms. The summed E-state index contributed by atoms with van der Waals surface area (Å²) in [5, 5.41) is 13.0. The maximum atomic E-state index is 9.53. The summed E-state index contributed by atoms with van der Waals surface area (Å²) in [5.74, 6) is 0. The zero-order valence-electron chi connectivity index (χ0n) is 12.5. The largest absolute Gasteiger partial charge is 0.300 e. The molecule has 0 aromatic carbocycles. The van der Waals surface area contributed by atoms with Crippen molar-refractivity contribution in [3.8, 4) is 6.07 Å². The van der Waals surface area contributed by atoms with Crippen molar-refractivity contribution in [2.45, 2.75) is 76.3 Å². The lowest BCUT2D eigenvalue weighted by molar-refractivity contribution is 0.176. The highest BCUT2D eigenvalue weighted by molar-refractivity contribution is 5.13. The van der Waals surface area contributed by atoms with E-state index in [4.69, 9.17) is 0 Å². The summed E-state index contributed by atoms with van der Waals surface area (Å²) in [6.45, 7) is 5.64. The molecule has 19 heavy (non-hydrogen) atoms. The van der Waals surface area contributed by atoms with Crippen molar-refractivity contribution in [2.75, 3.05) is 19.6 Å². The monoisotopic (exact) mass is 263 g/mol. The van der Waals surface area contributed by atoms with Gasteiger partial charge in [0.05, 0.1) is 6.07 Å². The number of nitrogens with one attached hydrogen (secondary N) is 1. The van der Waals surface area contributed by atoms with Gasteiger partial charge in [-0.25, -0.2) is 0 Å². The van der Waals surface area contributed by atoms with Gasteiger partial charge in [0.25, 0.3) is 0 Å². The zero-order chi connectivity index (χ0) is 13.6. The van der Waals surface area contributed by atoms with Gasteiger partial charge >= 0.3 is 0 Å². The molecule has 2 fully saturated rings. The molecule has 0 aromatic rings. The van der Waals surface area contributed by atoms with Crippen LogP contribution in [0.25, 0.3) is 0 Å². The molecule has 1 heterocycles. The van der Waals surface area contributed by atoms with Crippen molar-refractivity contribution in [2.24, 2.45) is 0 Å². The topological polar surface area (TPSA) is 39.1 Å². The van der Waals surface area contributed by atoms with Crippen LogP contribution in [0.15, 0.2) is 0 Å². The van der Waals surface area contributed by atoms with Crippen LogP contribution in [0.4, 0.5) is 0 Å². The molecule has 1 N–H and O–H groups in total. The molecule has 2 rings (SSSR count). The molecule has 2 aliphatic rings. The first-order valence-electron chi connectivity index (χ1n) is 8.20. The SMILES string of the molecule is CCCNC1(C#N)CCC(N2CCCCCCC2)C1. The average Bonchev–Trinajstić information content (AvgIpc) is 2.81. The van der Waals surface area contributed by atoms with Gasteiger partial charge < -0.3 is 4.90 Å². The lowest BCUT2D eigenvalue weighted by atomic mass is 9.98. The van der Waals surface area contributed by atoms with Gasteiger partial charge in [-0.05, 0) is 58.2 Å². The summed E-state index contributed by atoms with van der Waals surface area (Å²) >= 11 is 0. The highest BCUT2D eigenvalue weighted by Gasteiger charge is 2.40. The Morgan fingerprint density at radius 3 is 2.53 bits per heavy atom. The Hall–Kier alpha value is -0.590. The number of hydrogen-bond donors (Lipinski definition) is 1. The number of nitrogens with zero attached hydrogens (tertiary/aromatic N) is 2. The normalized spacial score (nSPS) is 33.6. The van der Waals surface area contributed by atoms with Crippen molar-refractivity contribution in [1.29, 1.82) is 5.26 Å². The molecule has 108 valence electrons. The third kappa shape index (κ3) is 3.94. The maximum absolute atomic E-state index is 9.53. The standard InChI is InChI=1S/C16H29N3/c1-2-10-18-16(14-17)9-8-15(13-16)19-11-6-4-3-5-7-12-19/h15,18H,2-13H2,1H3. The Morgan fingerprint density at radius 2 is 1.89 bits per heavy atom. The molecule has 3 nitrogen and oxygen atoms in total. The molecule has 1 saturated carbocycles. The van der Waals surface area contributed by atoms with Gasteiger partial charge in [0.2, 0.25) is 0 Å². The third-order valence-corrected chi connectivity index (χ3v) is 4.82. The second kappa shape index (κ2) is 7.26. The molecule has 0 radical (unpaired) electrons. The van der Waals surface area contributed by atoms with Crippen LogP contribution in [-0.2, 0) is 0 Å². The Balaban J connectivity index is 1.90. The fourth-order valence-corrected chi connectivity index (χ4v) is 3.63. The molecular weight excluding hydrogens is 234 g/mol. The van der Waals surface area contributed by atoms with Crippen molar-refractivity contribution < 1.29 is 0 Å². The van der Waals surface area contributed by atoms with Crippen LogP contribution in [0.5, 0.6) is 0 Å². The second-order valence-corrected chi connectivity index (χ2v) is 6.32. The minimum atomic E-state index is -0.233. The van der Waals surface area contributed by atoms with Crippen LogP contribution in [-0.4, -0.2) is 36.1 Å². The summed E-state index contributed by atoms with van der Waals surface area (Å²) in [6.07, 6.45) is 11.3. The lowest BCUT2D eigenvalue weighted by Gasteiger charge is -2.31. The quantitative estimate of drug-likeness (QED) is 0.847. The number of likely N-dealkylation sites (tertiary alicyclic amines) is 1. The highest BCUT2D eigenvalue weighted by Crippen LogP contribution is 2.33. The van der Waals surface area contributed by atoms with Gasteiger partial charge in [-0.2, -0.15) is 5.26 Å². The van der Waals surface area contributed by atoms with E-state index >= 15 is 0 Å². The Labute approximate surface area is 118 Å². The minimum absolute atomic E-state index is 0.233. The lowest BCUT2D eigenvalue weighted by Crippen LogP contribution is -2.44. The van der Waals surface area contributed by atoms with E-state index in [9.17, 15) is 5.26 Å². The van der Waals surface area contributed by atoms with E-state index in [1.165, 1.54) is 51.6 Å². The van der Waals surface area contributed by atoms with E-state index in [0.29, 0.717) is 6.04 Å². The van der Waals surface area contributed by atoms with Gasteiger partial charge in [-0.3, -0.25) is 5.32 Å². The van der Waals surface area contributed by atoms with Gasteiger partial charge in [-0.1, -0.05) is 26.2 Å². The van der Waals surface area contributed by atoms with Crippen LogP contribution in [0.1, 0.15) is 64.7 Å². The second-order valence-electron chi connectivity index (χ2n) is 6.32. The Morgan fingerprint density at radius 1 is 1.21 bits per heavy atom. The first kappa shape index (κ1) is 14.8. The molecular formula is C16H29N3. The van der Waals surface area contributed by atoms with E-state index in [1.807, 2.05) is 0 Å².